The minimum absolute atomic E-state index is 0.988. The van der Waals surface area contributed by atoms with E-state index in [0.29, 0.717) is 0 Å². The Labute approximate surface area is 165 Å². The number of benzene rings is 1. The van der Waals surface area contributed by atoms with Crippen LogP contribution >= 0.6 is 0 Å². The molecule has 0 saturated heterocycles. The Morgan fingerprint density at radius 1 is 0.654 bits per heavy atom. The molecule has 26 heavy (non-hydrogen) atoms. The maximum Gasteiger partial charge on any atom is 0.0792 e. The topological polar surface area (TPSA) is 0 Å². The zero-order chi connectivity index (χ0) is 19.8. The summed E-state index contributed by atoms with van der Waals surface area (Å²) >= 11 is 0. The predicted octanol–water partition coefficient (Wildman–Crippen LogP) is 5.86. The molecule has 1 aromatic rings. The van der Waals surface area contributed by atoms with Crippen LogP contribution in [0.4, 0.5) is 0 Å². The van der Waals surface area contributed by atoms with Gasteiger partial charge in [-0.25, -0.2) is 0 Å². The van der Waals surface area contributed by atoms with Gasteiger partial charge in [0.25, 0.3) is 0 Å². The molecule has 0 saturated carbocycles. The summed E-state index contributed by atoms with van der Waals surface area (Å²) in [5.74, 6) is 14.1. The first-order chi connectivity index (χ1) is 12.1. The van der Waals surface area contributed by atoms with E-state index in [9.17, 15) is 0 Å². The predicted molar refractivity (Wildman–Crippen MR) is 125 cm³/mol. The lowest BCUT2D eigenvalue weighted by Gasteiger charge is -2.25. The third kappa shape index (κ3) is 6.83. The first-order valence-electron chi connectivity index (χ1n) is 10.3. The largest absolute Gasteiger partial charge is 0.0979 e. The molecule has 0 atom stereocenters. The molecule has 0 bridgehead atoms. The molecule has 0 nitrogen and oxygen atoms in total. The van der Waals surface area contributed by atoms with Crippen LogP contribution in [0.25, 0.3) is 0 Å². The molecule has 0 spiro atoms. The van der Waals surface area contributed by atoms with Gasteiger partial charge in [0.05, 0.1) is 16.1 Å². The van der Waals surface area contributed by atoms with E-state index in [4.69, 9.17) is 0 Å². The standard InChI is InChI=1S/C24H38Si2/c1-9-11-13-15-17-21-22(18-16-14-12-10-2)24(26(6,7)8)20-19-23(21)25(3,4)5/h19-20H,9-14H2,1-8H3. The minimum atomic E-state index is -1.47. The molecule has 0 aliphatic rings. The van der Waals surface area contributed by atoms with Crippen LogP contribution in [0.15, 0.2) is 12.1 Å². The van der Waals surface area contributed by atoms with Crippen LogP contribution < -0.4 is 10.4 Å². The van der Waals surface area contributed by atoms with Gasteiger partial charge < -0.3 is 0 Å². The second-order valence-corrected chi connectivity index (χ2v) is 19.3. The molecule has 0 aliphatic heterocycles. The number of rotatable bonds is 6. The lowest BCUT2D eigenvalue weighted by atomic mass is 10.1. The van der Waals surface area contributed by atoms with Crippen molar-refractivity contribution in [2.75, 3.05) is 0 Å². The van der Waals surface area contributed by atoms with E-state index in [1.54, 1.807) is 0 Å². The van der Waals surface area contributed by atoms with Crippen LogP contribution in [-0.2, 0) is 0 Å². The van der Waals surface area contributed by atoms with E-state index < -0.39 is 16.1 Å². The van der Waals surface area contributed by atoms with Crippen LogP contribution in [0.1, 0.15) is 63.5 Å². The maximum absolute atomic E-state index is 3.58. The summed E-state index contributed by atoms with van der Waals surface area (Å²) in [6.07, 6.45) is 6.74. The molecular formula is C24H38Si2. The van der Waals surface area contributed by atoms with Crippen molar-refractivity contribution in [3.63, 3.8) is 0 Å². The summed E-state index contributed by atoms with van der Waals surface area (Å²) in [7, 11) is -2.94. The van der Waals surface area contributed by atoms with Gasteiger partial charge >= 0.3 is 0 Å². The van der Waals surface area contributed by atoms with Crippen LogP contribution in [0.2, 0.25) is 39.3 Å². The van der Waals surface area contributed by atoms with Crippen molar-refractivity contribution in [1.29, 1.82) is 0 Å². The van der Waals surface area contributed by atoms with Gasteiger partial charge in [-0.3, -0.25) is 0 Å². The molecule has 142 valence electrons. The lowest BCUT2D eigenvalue weighted by Crippen LogP contribution is -2.46. The molecule has 1 aromatic carbocycles. The van der Waals surface area contributed by atoms with Crippen LogP contribution in [0.5, 0.6) is 0 Å². The Morgan fingerprint density at radius 3 is 1.27 bits per heavy atom. The van der Waals surface area contributed by atoms with E-state index in [1.165, 1.54) is 47.2 Å². The van der Waals surface area contributed by atoms with E-state index >= 15 is 0 Å². The van der Waals surface area contributed by atoms with Gasteiger partial charge in [-0.2, -0.15) is 0 Å². The van der Waals surface area contributed by atoms with Crippen LogP contribution in [0.3, 0.4) is 0 Å². The zero-order valence-corrected chi connectivity index (χ0v) is 20.4. The summed E-state index contributed by atoms with van der Waals surface area (Å²) in [5.41, 5.74) is 2.51. The van der Waals surface area contributed by atoms with Crippen molar-refractivity contribution in [3.8, 4) is 23.7 Å². The van der Waals surface area contributed by atoms with Crippen molar-refractivity contribution < 1.29 is 0 Å². The van der Waals surface area contributed by atoms with Crippen molar-refractivity contribution >= 4 is 26.5 Å². The average Bonchev–Trinajstić information content (AvgIpc) is 2.53. The monoisotopic (exact) mass is 382 g/mol. The van der Waals surface area contributed by atoms with E-state index in [0.717, 1.165) is 12.8 Å². The van der Waals surface area contributed by atoms with Crippen molar-refractivity contribution in [2.24, 2.45) is 0 Å². The minimum Gasteiger partial charge on any atom is -0.0979 e. The molecule has 0 amide bonds. The van der Waals surface area contributed by atoms with Gasteiger partial charge in [0.2, 0.25) is 0 Å². The molecule has 0 heterocycles. The Morgan fingerprint density at radius 2 is 1.00 bits per heavy atom. The molecule has 0 radical (unpaired) electrons. The molecular weight excluding hydrogens is 344 g/mol. The highest BCUT2D eigenvalue weighted by Gasteiger charge is 2.27. The summed E-state index contributed by atoms with van der Waals surface area (Å²) in [4.78, 5) is 0. The van der Waals surface area contributed by atoms with Crippen LogP contribution in [0, 0.1) is 23.7 Å². The van der Waals surface area contributed by atoms with Crippen molar-refractivity contribution in [1.82, 2.24) is 0 Å². The second kappa shape index (κ2) is 10.2. The Hall–Kier alpha value is -1.23. The summed E-state index contributed by atoms with van der Waals surface area (Å²) in [6, 6.07) is 4.75. The fourth-order valence-electron chi connectivity index (χ4n) is 2.94. The number of unbranched alkanes of at least 4 members (excludes halogenated alkanes) is 4. The molecule has 0 aromatic heterocycles. The fraction of sp³-hybridized carbons (Fsp3) is 0.583. The highest BCUT2D eigenvalue weighted by Crippen LogP contribution is 2.14. The quantitative estimate of drug-likeness (QED) is 0.328. The van der Waals surface area contributed by atoms with Gasteiger partial charge in [0.1, 0.15) is 0 Å². The Kier molecular flexibility index (Phi) is 8.95. The Balaban J connectivity index is 3.62. The first kappa shape index (κ1) is 22.8. The molecule has 0 fully saturated rings. The van der Waals surface area contributed by atoms with Crippen molar-refractivity contribution in [2.45, 2.75) is 91.7 Å². The molecule has 1 rings (SSSR count). The number of hydrogen-bond acceptors (Lipinski definition) is 0. The second-order valence-electron chi connectivity index (χ2n) is 9.22. The van der Waals surface area contributed by atoms with E-state index in [1.807, 2.05) is 0 Å². The maximum atomic E-state index is 3.58. The lowest BCUT2D eigenvalue weighted by molar-refractivity contribution is 0.828. The van der Waals surface area contributed by atoms with Gasteiger partial charge in [-0.05, 0) is 23.2 Å². The van der Waals surface area contributed by atoms with Crippen LogP contribution in [-0.4, -0.2) is 16.1 Å². The zero-order valence-electron chi connectivity index (χ0n) is 18.4. The third-order valence-electron chi connectivity index (χ3n) is 4.56. The van der Waals surface area contributed by atoms with Gasteiger partial charge in [-0.1, -0.05) is 102 Å². The first-order valence-corrected chi connectivity index (χ1v) is 17.3. The third-order valence-corrected chi connectivity index (χ3v) is 8.62. The van der Waals surface area contributed by atoms with Crippen molar-refractivity contribution in [3.05, 3.63) is 23.3 Å². The summed E-state index contributed by atoms with van der Waals surface area (Å²) in [6.45, 7) is 19.0. The Bertz CT molecular complexity index is 644. The van der Waals surface area contributed by atoms with E-state index in [2.05, 4.69) is 88.9 Å². The van der Waals surface area contributed by atoms with Gasteiger partial charge in [-0.15, -0.1) is 0 Å². The molecule has 0 N–H and O–H groups in total. The smallest absolute Gasteiger partial charge is 0.0792 e. The molecule has 2 heteroatoms. The average molecular weight is 383 g/mol. The summed E-state index contributed by atoms with van der Waals surface area (Å²) < 4.78 is 0. The number of hydrogen-bond donors (Lipinski definition) is 0. The van der Waals surface area contributed by atoms with Gasteiger partial charge in [0.15, 0.2) is 0 Å². The van der Waals surface area contributed by atoms with Gasteiger partial charge in [0, 0.05) is 24.0 Å². The highest BCUT2D eigenvalue weighted by molar-refractivity contribution is 6.91. The summed E-state index contributed by atoms with van der Waals surface area (Å²) in [5, 5.41) is 2.95. The molecule has 0 aliphatic carbocycles. The van der Waals surface area contributed by atoms with E-state index in [-0.39, 0.29) is 0 Å². The normalized spacial score (nSPS) is 11.4. The fourth-order valence-corrected chi connectivity index (χ4v) is 5.99. The molecule has 0 unspecified atom stereocenters. The SMILES string of the molecule is CCCCC#Cc1c([Si](C)(C)C)ccc([Si](C)(C)C)c1C#CCCCC. The highest BCUT2D eigenvalue weighted by atomic mass is 28.3.